The van der Waals surface area contributed by atoms with Gasteiger partial charge in [0, 0.05) is 31.1 Å². The summed E-state index contributed by atoms with van der Waals surface area (Å²) in [4.78, 5) is 24.1. The molecular formula is C19H27NO3. The molecule has 1 atom stereocenters. The summed E-state index contributed by atoms with van der Waals surface area (Å²) in [5.74, 6) is -0.0571. The number of aliphatic hydroxyl groups is 1. The second-order valence-electron chi connectivity index (χ2n) is 6.45. The third-order valence-corrected chi connectivity index (χ3v) is 4.45. The molecule has 0 radical (unpaired) electrons. The van der Waals surface area contributed by atoms with E-state index < -0.39 is 0 Å². The Morgan fingerprint density at radius 3 is 2.65 bits per heavy atom. The maximum Gasteiger partial charge on any atom is 0.220 e. The number of aliphatic hydroxyl groups excluding tert-OH is 1. The number of rotatable bonds is 8. The first-order valence-corrected chi connectivity index (χ1v) is 8.65. The van der Waals surface area contributed by atoms with Crippen molar-refractivity contribution in [3.05, 3.63) is 34.9 Å². The molecule has 2 rings (SSSR count). The fourth-order valence-corrected chi connectivity index (χ4v) is 3.09. The molecule has 0 saturated heterocycles. The van der Waals surface area contributed by atoms with Crippen LogP contribution in [-0.2, 0) is 17.6 Å². The standard InChI is InChI=1S/C19H27NO3/c1-14(5-4-12-21)20-19(23)11-10-18(22)17-9-8-15-6-2-3-7-16(15)13-17/h8-9,13-14,21H,2-7,10-12H2,1H3,(H,20,23). The number of carbonyl (C=O) groups is 2. The van der Waals surface area contributed by atoms with Crippen LogP contribution in [0, 0.1) is 0 Å². The molecule has 126 valence electrons. The molecular weight excluding hydrogens is 290 g/mol. The Kier molecular flexibility index (Phi) is 6.78. The summed E-state index contributed by atoms with van der Waals surface area (Å²) in [5.41, 5.74) is 3.39. The first-order chi connectivity index (χ1) is 11.1. The summed E-state index contributed by atoms with van der Waals surface area (Å²) >= 11 is 0. The van der Waals surface area contributed by atoms with Gasteiger partial charge in [-0.25, -0.2) is 0 Å². The quantitative estimate of drug-likeness (QED) is 0.725. The topological polar surface area (TPSA) is 66.4 Å². The molecule has 1 aliphatic carbocycles. The zero-order valence-electron chi connectivity index (χ0n) is 13.9. The zero-order valence-corrected chi connectivity index (χ0v) is 13.9. The third-order valence-electron chi connectivity index (χ3n) is 4.45. The lowest BCUT2D eigenvalue weighted by Crippen LogP contribution is -2.32. The van der Waals surface area contributed by atoms with Crippen molar-refractivity contribution >= 4 is 11.7 Å². The van der Waals surface area contributed by atoms with Crippen LogP contribution in [0.5, 0.6) is 0 Å². The van der Waals surface area contributed by atoms with Gasteiger partial charge in [-0.1, -0.05) is 12.1 Å². The summed E-state index contributed by atoms with van der Waals surface area (Å²) in [7, 11) is 0. The molecule has 0 fully saturated rings. The van der Waals surface area contributed by atoms with Crippen molar-refractivity contribution < 1.29 is 14.7 Å². The number of Topliss-reactive ketones (excluding diaryl/α,β-unsaturated/α-hetero) is 1. The van der Waals surface area contributed by atoms with Gasteiger partial charge in [-0.2, -0.15) is 0 Å². The number of amides is 1. The molecule has 4 nitrogen and oxygen atoms in total. The van der Waals surface area contributed by atoms with Crippen LogP contribution in [0.4, 0.5) is 0 Å². The minimum absolute atomic E-state index is 0.0356. The number of hydrogen-bond donors (Lipinski definition) is 2. The van der Waals surface area contributed by atoms with Gasteiger partial charge in [0.2, 0.25) is 5.91 Å². The number of benzene rings is 1. The van der Waals surface area contributed by atoms with Crippen LogP contribution in [0.3, 0.4) is 0 Å². The molecule has 0 aliphatic heterocycles. The average Bonchev–Trinajstić information content (AvgIpc) is 2.57. The van der Waals surface area contributed by atoms with Crippen molar-refractivity contribution in [2.24, 2.45) is 0 Å². The highest BCUT2D eigenvalue weighted by molar-refractivity contribution is 5.98. The number of carbonyl (C=O) groups excluding carboxylic acids is 2. The van der Waals surface area contributed by atoms with Gasteiger partial charge in [0.25, 0.3) is 0 Å². The first-order valence-electron chi connectivity index (χ1n) is 8.65. The van der Waals surface area contributed by atoms with Gasteiger partial charge in [-0.15, -0.1) is 0 Å². The number of nitrogens with one attached hydrogen (secondary N) is 1. The van der Waals surface area contributed by atoms with Crippen LogP contribution in [0.1, 0.15) is 66.9 Å². The number of ketones is 1. The summed E-state index contributed by atoms with van der Waals surface area (Å²) in [5, 5.41) is 11.6. The maximum atomic E-state index is 12.3. The highest BCUT2D eigenvalue weighted by Crippen LogP contribution is 2.22. The van der Waals surface area contributed by atoms with Crippen molar-refractivity contribution in [3.8, 4) is 0 Å². The van der Waals surface area contributed by atoms with Gasteiger partial charge in [0.1, 0.15) is 0 Å². The van der Waals surface area contributed by atoms with E-state index in [-0.39, 0.29) is 37.2 Å². The van der Waals surface area contributed by atoms with Crippen molar-refractivity contribution in [2.45, 2.75) is 64.3 Å². The van der Waals surface area contributed by atoms with Gasteiger partial charge < -0.3 is 10.4 Å². The predicted molar refractivity (Wildman–Crippen MR) is 90.6 cm³/mol. The van der Waals surface area contributed by atoms with Crippen LogP contribution >= 0.6 is 0 Å². The van der Waals surface area contributed by atoms with E-state index in [1.54, 1.807) is 0 Å². The Bertz CT molecular complexity index is 554. The third kappa shape index (κ3) is 5.47. The Morgan fingerprint density at radius 1 is 1.17 bits per heavy atom. The Hall–Kier alpha value is -1.68. The second-order valence-corrected chi connectivity index (χ2v) is 6.45. The first kappa shape index (κ1) is 17.7. The lowest BCUT2D eigenvalue weighted by Gasteiger charge is -2.16. The van der Waals surface area contributed by atoms with Crippen molar-refractivity contribution in [1.82, 2.24) is 5.32 Å². The number of hydrogen-bond acceptors (Lipinski definition) is 3. The molecule has 1 aliphatic rings. The van der Waals surface area contributed by atoms with Gasteiger partial charge in [-0.05, 0) is 62.6 Å². The van der Waals surface area contributed by atoms with Crippen LogP contribution in [0.25, 0.3) is 0 Å². The highest BCUT2D eigenvalue weighted by atomic mass is 16.3. The zero-order chi connectivity index (χ0) is 16.7. The maximum absolute atomic E-state index is 12.3. The summed E-state index contributed by atoms with van der Waals surface area (Å²) in [6.45, 7) is 2.05. The fraction of sp³-hybridized carbons (Fsp3) is 0.579. The van der Waals surface area contributed by atoms with E-state index in [9.17, 15) is 9.59 Å². The molecule has 0 spiro atoms. The number of fused-ring (bicyclic) bond motifs is 1. The largest absolute Gasteiger partial charge is 0.396 e. The Morgan fingerprint density at radius 2 is 1.91 bits per heavy atom. The van der Waals surface area contributed by atoms with Crippen LogP contribution in [-0.4, -0.2) is 29.4 Å². The van der Waals surface area contributed by atoms with E-state index in [1.807, 2.05) is 19.1 Å². The van der Waals surface area contributed by atoms with Crippen LogP contribution in [0.2, 0.25) is 0 Å². The van der Waals surface area contributed by atoms with Crippen molar-refractivity contribution in [3.63, 3.8) is 0 Å². The van der Waals surface area contributed by atoms with Gasteiger partial charge in [-0.3, -0.25) is 9.59 Å². The van der Waals surface area contributed by atoms with E-state index in [1.165, 1.54) is 24.0 Å². The van der Waals surface area contributed by atoms with E-state index in [0.29, 0.717) is 6.42 Å². The molecule has 1 amide bonds. The Balaban J connectivity index is 1.81. The van der Waals surface area contributed by atoms with E-state index >= 15 is 0 Å². The molecule has 4 heteroatoms. The fourth-order valence-electron chi connectivity index (χ4n) is 3.09. The smallest absolute Gasteiger partial charge is 0.220 e. The van der Waals surface area contributed by atoms with E-state index in [0.717, 1.165) is 24.8 Å². The van der Waals surface area contributed by atoms with Gasteiger partial charge in [0.15, 0.2) is 5.78 Å². The van der Waals surface area contributed by atoms with Crippen molar-refractivity contribution in [1.29, 1.82) is 0 Å². The molecule has 1 aromatic carbocycles. The van der Waals surface area contributed by atoms with E-state index in [2.05, 4.69) is 11.4 Å². The van der Waals surface area contributed by atoms with Gasteiger partial charge in [0.05, 0.1) is 0 Å². The minimum Gasteiger partial charge on any atom is -0.396 e. The highest BCUT2D eigenvalue weighted by Gasteiger charge is 2.14. The Labute approximate surface area is 138 Å². The molecule has 0 saturated carbocycles. The van der Waals surface area contributed by atoms with Crippen LogP contribution < -0.4 is 5.32 Å². The monoisotopic (exact) mass is 317 g/mol. The SMILES string of the molecule is CC(CCCO)NC(=O)CCC(=O)c1ccc2c(c1)CCCC2. The van der Waals surface area contributed by atoms with Crippen LogP contribution in [0.15, 0.2) is 18.2 Å². The summed E-state index contributed by atoms with van der Waals surface area (Å²) in [6, 6.07) is 6.01. The van der Waals surface area contributed by atoms with E-state index in [4.69, 9.17) is 5.11 Å². The molecule has 1 aromatic rings. The molecule has 0 heterocycles. The summed E-state index contributed by atoms with van der Waals surface area (Å²) in [6.07, 6.45) is 6.48. The predicted octanol–water partition coefficient (Wildman–Crippen LogP) is 2.81. The molecule has 23 heavy (non-hydrogen) atoms. The molecule has 0 aromatic heterocycles. The normalized spacial score (nSPS) is 14.9. The number of aryl methyl sites for hydroxylation is 2. The van der Waals surface area contributed by atoms with Gasteiger partial charge >= 0.3 is 0 Å². The molecule has 0 bridgehead atoms. The summed E-state index contributed by atoms with van der Waals surface area (Å²) < 4.78 is 0. The van der Waals surface area contributed by atoms with Crippen molar-refractivity contribution in [2.75, 3.05) is 6.61 Å². The molecule has 2 N–H and O–H groups in total. The lowest BCUT2D eigenvalue weighted by molar-refractivity contribution is -0.121. The minimum atomic E-state index is -0.0956. The molecule has 1 unspecified atom stereocenters. The second kappa shape index (κ2) is 8.82. The average molecular weight is 317 g/mol. The lowest BCUT2D eigenvalue weighted by atomic mass is 9.89.